The number of piperazine rings is 1. The second-order valence-corrected chi connectivity index (χ2v) is 7.35. The summed E-state index contributed by atoms with van der Waals surface area (Å²) in [5.41, 5.74) is -1.25. The van der Waals surface area contributed by atoms with Crippen molar-refractivity contribution in [2.24, 2.45) is 0 Å². The molecule has 2 fully saturated rings. The van der Waals surface area contributed by atoms with Crippen molar-refractivity contribution in [1.82, 2.24) is 15.1 Å². The van der Waals surface area contributed by atoms with E-state index in [9.17, 15) is 9.59 Å². The molecular formula is C15H27N3O4. The molecular weight excluding hydrogens is 286 g/mol. The lowest BCUT2D eigenvalue weighted by Gasteiger charge is -2.37. The van der Waals surface area contributed by atoms with E-state index in [1.165, 1.54) is 0 Å². The Kier molecular flexibility index (Phi) is 4.67. The van der Waals surface area contributed by atoms with Crippen LogP contribution in [0.15, 0.2) is 0 Å². The van der Waals surface area contributed by atoms with Crippen molar-refractivity contribution in [3.8, 4) is 0 Å². The van der Waals surface area contributed by atoms with Gasteiger partial charge in [-0.3, -0.25) is 14.6 Å². The molecule has 0 bridgehead atoms. The maximum atomic E-state index is 12.5. The molecule has 22 heavy (non-hydrogen) atoms. The number of amides is 2. The highest BCUT2D eigenvalue weighted by molar-refractivity contribution is 5.78. The summed E-state index contributed by atoms with van der Waals surface area (Å²) >= 11 is 0. The molecule has 0 unspecified atom stereocenters. The molecule has 0 aromatic rings. The van der Waals surface area contributed by atoms with Gasteiger partial charge < -0.3 is 14.8 Å². The van der Waals surface area contributed by atoms with E-state index < -0.39 is 11.3 Å². The second-order valence-electron chi connectivity index (χ2n) is 7.35. The zero-order valence-electron chi connectivity index (χ0n) is 14.1. The van der Waals surface area contributed by atoms with E-state index in [1.54, 1.807) is 4.90 Å². The summed E-state index contributed by atoms with van der Waals surface area (Å²) in [7, 11) is 0. The molecule has 2 saturated heterocycles. The molecule has 0 saturated carbocycles. The van der Waals surface area contributed by atoms with Crippen LogP contribution in [0, 0.1) is 0 Å². The minimum absolute atomic E-state index is 0.0215. The lowest BCUT2D eigenvalue weighted by atomic mass is 10.2. The Balaban J connectivity index is 2.06. The van der Waals surface area contributed by atoms with Crippen LogP contribution in [0.25, 0.3) is 0 Å². The Bertz CT molecular complexity index is 445. The summed E-state index contributed by atoms with van der Waals surface area (Å²) < 4.78 is 11.3. The fourth-order valence-electron chi connectivity index (χ4n) is 2.84. The van der Waals surface area contributed by atoms with Crippen molar-refractivity contribution in [2.45, 2.75) is 52.0 Å². The highest BCUT2D eigenvalue weighted by Crippen LogP contribution is 2.29. The third-order valence-electron chi connectivity index (χ3n) is 3.75. The highest BCUT2D eigenvalue weighted by atomic mass is 16.6. The predicted octanol–water partition coefficient (Wildman–Crippen LogP) is 0.790. The molecule has 7 nitrogen and oxygen atoms in total. The van der Waals surface area contributed by atoms with Gasteiger partial charge in [0.05, 0.1) is 19.2 Å². The lowest BCUT2D eigenvalue weighted by molar-refractivity contribution is -0.124. The number of ether oxygens (including phenoxy) is 2. The van der Waals surface area contributed by atoms with Gasteiger partial charge >= 0.3 is 6.09 Å². The Morgan fingerprint density at radius 3 is 2.73 bits per heavy atom. The van der Waals surface area contributed by atoms with E-state index in [0.29, 0.717) is 26.2 Å². The molecule has 126 valence electrons. The van der Waals surface area contributed by atoms with Gasteiger partial charge in [0.25, 0.3) is 0 Å². The average Bonchev–Trinajstić information content (AvgIpc) is 2.62. The average molecular weight is 313 g/mol. The van der Waals surface area contributed by atoms with Crippen molar-refractivity contribution < 1.29 is 19.1 Å². The van der Waals surface area contributed by atoms with Crippen LogP contribution in [0.1, 0.15) is 34.6 Å². The maximum absolute atomic E-state index is 12.5. The minimum Gasteiger partial charge on any atom is -0.444 e. The summed E-state index contributed by atoms with van der Waals surface area (Å²) in [6, 6.07) is -0.115. The van der Waals surface area contributed by atoms with Crippen LogP contribution in [0.2, 0.25) is 0 Å². The maximum Gasteiger partial charge on any atom is 0.412 e. The summed E-state index contributed by atoms with van der Waals surface area (Å²) in [4.78, 5) is 27.7. The van der Waals surface area contributed by atoms with Crippen molar-refractivity contribution >= 4 is 12.0 Å². The number of nitrogens with one attached hydrogen (secondary N) is 1. The van der Waals surface area contributed by atoms with Crippen LogP contribution in [-0.2, 0) is 14.3 Å². The summed E-state index contributed by atoms with van der Waals surface area (Å²) in [6.45, 7) is 12.1. The summed E-state index contributed by atoms with van der Waals surface area (Å²) in [5, 5.41) is 2.80. The molecule has 7 heteroatoms. The molecule has 0 aliphatic carbocycles. The van der Waals surface area contributed by atoms with E-state index >= 15 is 0 Å². The normalized spacial score (nSPS) is 26.0. The first kappa shape index (κ1) is 17.0. The molecule has 1 atom stereocenters. The number of carbonyl (C=O) groups is 2. The van der Waals surface area contributed by atoms with Gasteiger partial charge in [-0.1, -0.05) is 0 Å². The highest BCUT2D eigenvalue weighted by Gasteiger charge is 2.46. The first-order chi connectivity index (χ1) is 10.1. The molecule has 0 spiro atoms. The zero-order chi connectivity index (χ0) is 16.5. The first-order valence-electron chi connectivity index (χ1n) is 7.74. The fraction of sp³-hybridized carbons (Fsp3) is 0.867. The standard InChI is InChI=1S/C15H27N3O4/c1-14(2,3)22-13(20)18-11(10-21-15(18,4)5)8-17-7-6-16-12(19)9-17/h11H,6-10H2,1-5H3,(H,16,19)/t11-/m0/s1. The van der Waals surface area contributed by atoms with Crippen LogP contribution >= 0.6 is 0 Å². The van der Waals surface area contributed by atoms with Gasteiger partial charge in [-0.15, -0.1) is 0 Å². The number of rotatable bonds is 2. The van der Waals surface area contributed by atoms with Crippen LogP contribution in [0.4, 0.5) is 4.79 Å². The van der Waals surface area contributed by atoms with Crippen molar-refractivity contribution in [2.75, 3.05) is 32.8 Å². The van der Waals surface area contributed by atoms with Crippen molar-refractivity contribution in [1.29, 1.82) is 0 Å². The van der Waals surface area contributed by atoms with Crippen molar-refractivity contribution in [3.63, 3.8) is 0 Å². The zero-order valence-corrected chi connectivity index (χ0v) is 14.1. The predicted molar refractivity (Wildman–Crippen MR) is 81.3 cm³/mol. The van der Waals surface area contributed by atoms with Crippen LogP contribution in [0.5, 0.6) is 0 Å². The SMILES string of the molecule is CC(C)(C)OC(=O)N1[C@@H](CN2CCNC(=O)C2)COC1(C)C. The summed E-state index contributed by atoms with van der Waals surface area (Å²) in [5.74, 6) is 0.0215. The van der Waals surface area contributed by atoms with Crippen LogP contribution < -0.4 is 5.32 Å². The topological polar surface area (TPSA) is 71.1 Å². The molecule has 0 aromatic heterocycles. The molecule has 1 N–H and O–H groups in total. The van der Waals surface area contributed by atoms with Gasteiger partial charge in [-0.25, -0.2) is 4.79 Å². The Labute approximate surface area is 131 Å². The van der Waals surface area contributed by atoms with E-state index in [-0.39, 0.29) is 18.0 Å². The van der Waals surface area contributed by atoms with Crippen LogP contribution in [-0.4, -0.2) is 72.0 Å². The number of hydrogen-bond acceptors (Lipinski definition) is 5. The summed E-state index contributed by atoms with van der Waals surface area (Å²) in [6.07, 6.45) is -0.374. The number of hydrogen-bond donors (Lipinski definition) is 1. The van der Waals surface area contributed by atoms with E-state index in [2.05, 4.69) is 5.32 Å². The third-order valence-corrected chi connectivity index (χ3v) is 3.75. The minimum atomic E-state index is -0.703. The Morgan fingerprint density at radius 1 is 1.45 bits per heavy atom. The Hall–Kier alpha value is -1.34. The van der Waals surface area contributed by atoms with Gasteiger partial charge in [0.2, 0.25) is 5.91 Å². The smallest absolute Gasteiger partial charge is 0.412 e. The van der Waals surface area contributed by atoms with Crippen molar-refractivity contribution in [3.05, 3.63) is 0 Å². The monoisotopic (exact) mass is 313 g/mol. The van der Waals surface area contributed by atoms with Gasteiger partial charge in [-0.2, -0.15) is 0 Å². The molecule has 2 aliphatic heterocycles. The quantitative estimate of drug-likeness (QED) is 0.816. The molecule has 2 rings (SSSR count). The molecule has 0 aromatic carbocycles. The number of nitrogens with zero attached hydrogens (tertiary/aromatic N) is 2. The lowest BCUT2D eigenvalue weighted by Crippen LogP contribution is -2.55. The van der Waals surface area contributed by atoms with Gasteiger partial charge in [0.1, 0.15) is 11.3 Å². The third kappa shape index (κ3) is 4.10. The molecule has 2 aliphatic rings. The van der Waals surface area contributed by atoms with E-state index in [0.717, 1.165) is 6.54 Å². The Morgan fingerprint density at radius 2 is 2.14 bits per heavy atom. The van der Waals surface area contributed by atoms with Gasteiger partial charge in [0.15, 0.2) is 0 Å². The van der Waals surface area contributed by atoms with Crippen LogP contribution in [0.3, 0.4) is 0 Å². The molecule has 2 heterocycles. The van der Waals surface area contributed by atoms with Gasteiger partial charge in [0, 0.05) is 19.6 Å². The van der Waals surface area contributed by atoms with E-state index in [4.69, 9.17) is 9.47 Å². The van der Waals surface area contributed by atoms with Gasteiger partial charge in [-0.05, 0) is 34.6 Å². The number of carbonyl (C=O) groups excluding carboxylic acids is 2. The van der Waals surface area contributed by atoms with E-state index in [1.807, 2.05) is 39.5 Å². The largest absolute Gasteiger partial charge is 0.444 e. The molecule has 0 radical (unpaired) electrons. The fourth-order valence-corrected chi connectivity index (χ4v) is 2.84. The second kappa shape index (κ2) is 6.04. The first-order valence-corrected chi connectivity index (χ1v) is 7.74. The molecule has 2 amide bonds.